The predicted octanol–water partition coefficient (Wildman–Crippen LogP) is 5.08. The summed E-state index contributed by atoms with van der Waals surface area (Å²) in [5.41, 5.74) is 2.10. The molecule has 2 rings (SSSR count). The van der Waals surface area contributed by atoms with Gasteiger partial charge in [-0.25, -0.2) is 0 Å². The molecule has 0 aromatic carbocycles. The van der Waals surface area contributed by atoms with E-state index >= 15 is 0 Å². The van der Waals surface area contributed by atoms with Crippen molar-refractivity contribution in [2.75, 3.05) is 13.6 Å². The molecule has 1 aromatic heterocycles. The summed E-state index contributed by atoms with van der Waals surface area (Å²) in [5, 5.41) is 3.24. The lowest BCUT2D eigenvalue weighted by Gasteiger charge is -2.40. The molecule has 2 heterocycles. The second kappa shape index (κ2) is 9.41. The highest BCUT2D eigenvalue weighted by molar-refractivity contribution is 5.65. The average Bonchev–Trinajstić information content (AvgIpc) is 3.09. The third-order valence-corrected chi connectivity index (χ3v) is 4.10. The fourth-order valence-electron chi connectivity index (χ4n) is 2.92. The Morgan fingerprint density at radius 3 is 2.61 bits per heavy atom. The predicted molar refractivity (Wildman–Crippen MR) is 100 cm³/mol. The summed E-state index contributed by atoms with van der Waals surface area (Å²) in [6, 6.07) is 4.28. The van der Waals surface area contributed by atoms with Crippen LogP contribution in [0.15, 0.2) is 48.4 Å². The van der Waals surface area contributed by atoms with Gasteiger partial charge in [-0.3, -0.25) is 0 Å². The van der Waals surface area contributed by atoms with E-state index in [1.807, 2.05) is 40.0 Å². The van der Waals surface area contributed by atoms with Crippen molar-refractivity contribution in [2.24, 2.45) is 0 Å². The molecule has 0 radical (unpaired) electrons. The van der Waals surface area contributed by atoms with E-state index in [1.54, 1.807) is 0 Å². The van der Waals surface area contributed by atoms with Crippen LogP contribution in [-0.2, 0) is 10.3 Å². The lowest BCUT2D eigenvalue weighted by molar-refractivity contribution is -0.0198. The number of allylic oxidation sites excluding steroid dienone is 5. The SMILES string of the molecule is CC.C\C=C/C=C1/OC(CC)(CCNC)c2cccn2/C1=C/C. The first kappa shape index (κ1) is 19.3. The average molecular weight is 316 g/mol. The number of aromatic nitrogens is 1. The minimum atomic E-state index is -0.258. The van der Waals surface area contributed by atoms with E-state index in [0.29, 0.717) is 0 Å². The Balaban J connectivity index is 0.00000127. The van der Waals surface area contributed by atoms with Gasteiger partial charge in [-0.15, -0.1) is 0 Å². The van der Waals surface area contributed by atoms with Gasteiger partial charge in [-0.05, 0) is 52.1 Å². The molecule has 3 heteroatoms. The molecule has 0 amide bonds. The Morgan fingerprint density at radius 2 is 2.04 bits per heavy atom. The van der Waals surface area contributed by atoms with E-state index in [2.05, 4.69) is 54.2 Å². The van der Waals surface area contributed by atoms with Crippen molar-refractivity contribution in [3.05, 3.63) is 54.1 Å². The van der Waals surface area contributed by atoms with Gasteiger partial charge in [-0.1, -0.05) is 39.0 Å². The van der Waals surface area contributed by atoms with Crippen LogP contribution in [0.25, 0.3) is 5.70 Å². The second-order valence-electron chi connectivity index (χ2n) is 5.30. The molecule has 1 atom stereocenters. The molecule has 1 aromatic rings. The summed E-state index contributed by atoms with van der Waals surface area (Å²) in [5.74, 6) is 0.942. The van der Waals surface area contributed by atoms with Crippen molar-refractivity contribution in [3.8, 4) is 0 Å². The van der Waals surface area contributed by atoms with Gasteiger partial charge in [0.25, 0.3) is 0 Å². The molecular weight excluding hydrogens is 284 g/mol. The minimum Gasteiger partial charge on any atom is -0.479 e. The maximum absolute atomic E-state index is 6.50. The fourth-order valence-corrected chi connectivity index (χ4v) is 2.92. The molecule has 0 saturated heterocycles. The maximum atomic E-state index is 6.50. The van der Waals surface area contributed by atoms with Gasteiger partial charge < -0.3 is 14.6 Å². The Bertz CT molecular complexity index is 566. The zero-order valence-electron chi connectivity index (χ0n) is 15.5. The fraction of sp³-hybridized carbons (Fsp3) is 0.500. The van der Waals surface area contributed by atoms with E-state index in [1.165, 1.54) is 5.69 Å². The van der Waals surface area contributed by atoms with Gasteiger partial charge in [0, 0.05) is 12.6 Å². The van der Waals surface area contributed by atoms with Crippen LogP contribution >= 0.6 is 0 Å². The zero-order valence-corrected chi connectivity index (χ0v) is 15.5. The van der Waals surface area contributed by atoms with Gasteiger partial charge >= 0.3 is 0 Å². The first-order chi connectivity index (χ1) is 11.2. The standard InChI is InChI=1S/C18H26N2O.C2H6/c1-5-8-10-16-15(6-2)20-14-9-11-17(20)18(7-3,21-16)12-13-19-4;1-2/h5-6,8-11,14,19H,7,12-13H2,1-4H3;1-2H3/b8-5-,15-6+,16-10+;. The molecule has 0 fully saturated rings. The molecule has 1 N–H and O–H groups in total. The van der Waals surface area contributed by atoms with E-state index in [0.717, 1.165) is 30.8 Å². The van der Waals surface area contributed by atoms with Crippen LogP contribution in [0.4, 0.5) is 0 Å². The van der Waals surface area contributed by atoms with Crippen molar-refractivity contribution in [3.63, 3.8) is 0 Å². The van der Waals surface area contributed by atoms with Crippen LogP contribution in [-0.4, -0.2) is 18.2 Å². The lowest BCUT2D eigenvalue weighted by atomic mass is 9.90. The van der Waals surface area contributed by atoms with Crippen LogP contribution in [0, 0.1) is 0 Å². The van der Waals surface area contributed by atoms with Crippen LogP contribution in [0.5, 0.6) is 0 Å². The minimum absolute atomic E-state index is 0.258. The molecule has 1 aliphatic heterocycles. The Labute approximate surface area is 141 Å². The lowest BCUT2D eigenvalue weighted by Crippen LogP contribution is -2.38. The van der Waals surface area contributed by atoms with Crippen LogP contribution in [0.2, 0.25) is 0 Å². The van der Waals surface area contributed by atoms with Crippen molar-refractivity contribution < 1.29 is 4.74 Å². The van der Waals surface area contributed by atoms with Crippen molar-refractivity contribution in [2.45, 2.75) is 53.1 Å². The summed E-state index contributed by atoms with van der Waals surface area (Å²) in [7, 11) is 1.99. The number of ether oxygens (including phenoxy) is 1. The van der Waals surface area contributed by atoms with E-state index in [-0.39, 0.29) is 5.60 Å². The Kier molecular flexibility index (Phi) is 7.90. The molecule has 1 aliphatic rings. The molecule has 1 unspecified atom stereocenters. The first-order valence-electron chi connectivity index (χ1n) is 8.74. The first-order valence-corrected chi connectivity index (χ1v) is 8.74. The molecule has 3 nitrogen and oxygen atoms in total. The summed E-state index contributed by atoms with van der Waals surface area (Å²) in [6.07, 6.45) is 12.2. The molecule has 0 saturated carbocycles. The Hall–Kier alpha value is -1.74. The third-order valence-electron chi connectivity index (χ3n) is 4.10. The number of nitrogens with one attached hydrogen (secondary N) is 1. The normalized spacial score (nSPS) is 23.6. The number of hydrogen-bond donors (Lipinski definition) is 1. The molecule has 0 spiro atoms. The monoisotopic (exact) mass is 316 g/mol. The smallest absolute Gasteiger partial charge is 0.150 e. The highest BCUT2D eigenvalue weighted by Crippen LogP contribution is 2.43. The summed E-state index contributed by atoms with van der Waals surface area (Å²) in [6.45, 7) is 11.2. The van der Waals surface area contributed by atoms with Crippen LogP contribution < -0.4 is 5.32 Å². The molecule has 0 aliphatic carbocycles. The number of nitrogens with zero attached hydrogens (tertiary/aromatic N) is 1. The summed E-state index contributed by atoms with van der Waals surface area (Å²) in [4.78, 5) is 0. The third kappa shape index (κ3) is 3.97. The van der Waals surface area contributed by atoms with Crippen LogP contribution in [0.1, 0.15) is 53.2 Å². The van der Waals surface area contributed by atoms with Gasteiger partial charge in [0.15, 0.2) is 5.60 Å². The highest BCUT2D eigenvalue weighted by atomic mass is 16.5. The molecule has 128 valence electrons. The summed E-state index contributed by atoms with van der Waals surface area (Å²) >= 11 is 0. The topological polar surface area (TPSA) is 26.2 Å². The number of hydrogen-bond acceptors (Lipinski definition) is 2. The van der Waals surface area contributed by atoms with Gasteiger partial charge in [0.2, 0.25) is 0 Å². The summed E-state index contributed by atoms with van der Waals surface area (Å²) < 4.78 is 8.76. The van der Waals surface area contributed by atoms with E-state index in [9.17, 15) is 0 Å². The second-order valence-corrected chi connectivity index (χ2v) is 5.30. The van der Waals surface area contributed by atoms with Crippen molar-refractivity contribution >= 4 is 5.70 Å². The Morgan fingerprint density at radius 1 is 1.30 bits per heavy atom. The number of fused-ring (bicyclic) bond motifs is 1. The van der Waals surface area contributed by atoms with Crippen molar-refractivity contribution in [1.29, 1.82) is 0 Å². The largest absolute Gasteiger partial charge is 0.479 e. The maximum Gasteiger partial charge on any atom is 0.150 e. The van der Waals surface area contributed by atoms with E-state index in [4.69, 9.17) is 4.74 Å². The van der Waals surface area contributed by atoms with Crippen molar-refractivity contribution in [1.82, 2.24) is 9.88 Å². The van der Waals surface area contributed by atoms with E-state index < -0.39 is 0 Å². The zero-order chi connectivity index (χ0) is 17.3. The highest BCUT2D eigenvalue weighted by Gasteiger charge is 2.40. The van der Waals surface area contributed by atoms with Gasteiger partial charge in [0.05, 0.1) is 11.4 Å². The van der Waals surface area contributed by atoms with Gasteiger partial charge in [-0.2, -0.15) is 0 Å². The molecular formula is C20H32N2O. The molecule has 0 bridgehead atoms. The quantitative estimate of drug-likeness (QED) is 0.820. The van der Waals surface area contributed by atoms with Crippen LogP contribution in [0.3, 0.4) is 0 Å². The molecule has 23 heavy (non-hydrogen) atoms. The number of rotatable bonds is 5. The van der Waals surface area contributed by atoms with Gasteiger partial charge in [0.1, 0.15) is 5.76 Å².